The summed E-state index contributed by atoms with van der Waals surface area (Å²) >= 11 is 0. The van der Waals surface area contributed by atoms with Crippen LogP contribution in [0, 0.1) is 0 Å². The van der Waals surface area contributed by atoms with Gasteiger partial charge in [-0.15, -0.1) is 0 Å². The van der Waals surface area contributed by atoms with Gasteiger partial charge in [0.2, 0.25) is 0 Å². The summed E-state index contributed by atoms with van der Waals surface area (Å²) in [4.78, 5) is 8.71. The fourth-order valence-corrected chi connectivity index (χ4v) is 2.30. The Hall–Kier alpha value is -1.78. The maximum atomic E-state index is 5.83. The zero-order valence-corrected chi connectivity index (χ0v) is 11.3. The van der Waals surface area contributed by atoms with Crippen LogP contribution >= 0.6 is 0 Å². The number of nitrogens with one attached hydrogen (secondary N) is 1. The maximum absolute atomic E-state index is 5.83. The molecule has 0 unspecified atom stereocenters. The molecule has 0 saturated carbocycles. The van der Waals surface area contributed by atoms with E-state index in [1.165, 1.54) is 0 Å². The van der Waals surface area contributed by atoms with E-state index < -0.39 is 0 Å². The minimum absolute atomic E-state index is 0.0627. The van der Waals surface area contributed by atoms with Crippen molar-refractivity contribution in [2.75, 3.05) is 11.1 Å². The van der Waals surface area contributed by atoms with Crippen molar-refractivity contribution in [2.24, 2.45) is 0 Å². The number of aromatic nitrogens is 3. The van der Waals surface area contributed by atoms with Crippen molar-refractivity contribution in [2.45, 2.75) is 45.6 Å². The van der Waals surface area contributed by atoms with Gasteiger partial charge in [-0.3, -0.25) is 0 Å². The molecule has 18 heavy (non-hydrogen) atoms. The maximum Gasteiger partial charge on any atom is 0.180 e. The van der Waals surface area contributed by atoms with E-state index in [1.807, 2.05) is 10.6 Å². The van der Waals surface area contributed by atoms with Gasteiger partial charge in [0.25, 0.3) is 0 Å². The zero-order chi connectivity index (χ0) is 13.2. The smallest absolute Gasteiger partial charge is 0.180 e. The normalized spacial score (nSPS) is 11.9. The Kier molecular flexibility index (Phi) is 3.41. The van der Waals surface area contributed by atoms with Crippen LogP contribution in [0.5, 0.6) is 0 Å². The second-order valence-corrected chi connectivity index (χ2v) is 4.64. The average Bonchev–Trinajstić information content (AvgIpc) is 2.84. The number of anilines is 2. The molecular formula is C13H21N5. The molecule has 0 aliphatic heterocycles. The average molecular weight is 247 g/mol. The molecule has 0 aliphatic carbocycles. The lowest BCUT2D eigenvalue weighted by atomic mass is 9.90. The molecule has 0 aromatic carbocycles. The van der Waals surface area contributed by atoms with Gasteiger partial charge in [-0.25, -0.2) is 9.97 Å². The van der Waals surface area contributed by atoms with Gasteiger partial charge in [0.15, 0.2) is 11.5 Å². The van der Waals surface area contributed by atoms with Gasteiger partial charge >= 0.3 is 0 Å². The SMILES string of the molecule is CCC(CC)(CC)Nc1nc(N)cn2ccnc12. The summed E-state index contributed by atoms with van der Waals surface area (Å²) in [6.07, 6.45) is 8.55. The number of nitrogens with two attached hydrogens (primary N) is 1. The number of nitrogens with zero attached hydrogens (tertiary/aromatic N) is 3. The molecule has 98 valence electrons. The Morgan fingerprint density at radius 2 is 1.94 bits per heavy atom. The van der Waals surface area contributed by atoms with Crippen molar-refractivity contribution < 1.29 is 0 Å². The molecule has 2 heterocycles. The molecule has 2 aromatic rings. The van der Waals surface area contributed by atoms with Gasteiger partial charge < -0.3 is 15.5 Å². The van der Waals surface area contributed by atoms with Gasteiger partial charge in [-0.05, 0) is 19.3 Å². The first kappa shape index (κ1) is 12.7. The second kappa shape index (κ2) is 4.84. The van der Waals surface area contributed by atoms with E-state index >= 15 is 0 Å². The van der Waals surface area contributed by atoms with Crippen molar-refractivity contribution in [1.29, 1.82) is 0 Å². The molecule has 0 spiro atoms. The Balaban J connectivity index is 2.44. The van der Waals surface area contributed by atoms with Crippen molar-refractivity contribution >= 4 is 17.3 Å². The molecule has 0 atom stereocenters. The summed E-state index contributed by atoms with van der Waals surface area (Å²) in [5.41, 5.74) is 6.71. The molecule has 5 heteroatoms. The van der Waals surface area contributed by atoms with Crippen LogP contribution in [0.4, 0.5) is 11.6 Å². The lowest BCUT2D eigenvalue weighted by Gasteiger charge is -2.32. The zero-order valence-electron chi connectivity index (χ0n) is 11.3. The summed E-state index contributed by atoms with van der Waals surface area (Å²) in [5.74, 6) is 1.27. The number of fused-ring (bicyclic) bond motifs is 1. The molecule has 2 rings (SSSR count). The molecule has 2 aromatic heterocycles. The van der Waals surface area contributed by atoms with E-state index in [-0.39, 0.29) is 5.54 Å². The van der Waals surface area contributed by atoms with Crippen molar-refractivity contribution in [3.63, 3.8) is 0 Å². The van der Waals surface area contributed by atoms with Gasteiger partial charge in [-0.1, -0.05) is 20.8 Å². The first-order chi connectivity index (χ1) is 8.64. The molecule has 0 saturated heterocycles. The fourth-order valence-electron chi connectivity index (χ4n) is 2.30. The van der Waals surface area contributed by atoms with Gasteiger partial charge in [0.05, 0.1) is 6.20 Å². The lowest BCUT2D eigenvalue weighted by Crippen LogP contribution is -2.36. The third kappa shape index (κ3) is 2.12. The van der Waals surface area contributed by atoms with E-state index in [2.05, 4.69) is 36.1 Å². The molecule has 5 nitrogen and oxygen atoms in total. The van der Waals surface area contributed by atoms with Gasteiger partial charge in [0.1, 0.15) is 5.82 Å². The molecule has 0 aliphatic rings. The van der Waals surface area contributed by atoms with Crippen LogP contribution in [0.1, 0.15) is 40.0 Å². The first-order valence-corrected chi connectivity index (χ1v) is 6.51. The van der Waals surface area contributed by atoms with Gasteiger partial charge in [-0.2, -0.15) is 0 Å². The van der Waals surface area contributed by atoms with E-state index in [9.17, 15) is 0 Å². The summed E-state index contributed by atoms with van der Waals surface area (Å²) in [5, 5.41) is 3.54. The summed E-state index contributed by atoms with van der Waals surface area (Å²) in [6.45, 7) is 6.57. The second-order valence-electron chi connectivity index (χ2n) is 4.64. The molecule has 0 radical (unpaired) electrons. The molecule has 0 fully saturated rings. The standard InChI is InChI=1S/C13H21N5/c1-4-13(5-2,6-3)17-11-12-15-7-8-18(12)9-10(14)16-11/h7-9H,4-6,14H2,1-3H3,(H,16,17). The van der Waals surface area contributed by atoms with Crippen LogP contribution in [0.25, 0.3) is 5.65 Å². The Morgan fingerprint density at radius 3 is 2.56 bits per heavy atom. The summed E-state index contributed by atoms with van der Waals surface area (Å²) in [6, 6.07) is 0. The van der Waals surface area contributed by atoms with Crippen LogP contribution in [0.15, 0.2) is 18.6 Å². The van der Waals surface area contributed by atoms with Crippen LogP contribution < -0.4 is 11.1 Å². The lowest BCUT2D eigenvalue weighted by molar-refractivity contribution is 0.419. The monoisotopic (exact) mass is 247 g/mol. The number of imidazole rings is 1. The van der Waals surface area contributed by atoms with Crippen molar-refractivity contribution in [3.05, 3.63) is 18.6 Å². The van der Waals surface area contributed by atoms with E-state index in [1.54, 1.807) is 12.4 Å². The highest BCUT2D eigenvalue weighted by atomic mass is 15.1. The van der Waals surface area contributed by atoms with Crippen LogP contribution in [0.3, 0.4) is 0 Å². The quantitative estimate of drug-likeness (QED) is 0.852. The largest absolute Gasteiger partial charge is 0.382 e. The van der Waals surface area contributed by atoms with Crippen LogP contribution in [-0.4, -0.2) is 19.9 Å². The molecule has 0 amide bonds. The van der Waals surface area contributed by atoms with Crippen molar-refractivity contribution in [1.82, 2.24) is 14.4 Å². The summed E-state index contributed by atoms with van der Waals surface area (Å²) < 4.78 is 1.90. The molecule has 0 bridgehead atoms. The van der Waals surface area contributed by atoms with Crippen molar-refractivity contribution in [3.8, 4) is 0 Å². The Labute approximate surface area is 107 Å². The minimum atomic E-state index is 0.0627. The summed E-state index contributed by atoms with van der Waals surface area (Å²) in [7, 11) is 0. The van der Waals surface area contributed by atoms with Gasteiger partial charge in [0, 0.05) is 17.9 Å². The molecular weight excluding hydrogens is 226 g/mol. The number of hydrogen-bond acceptors (Lipinski definition) is 4. The fraction of sp³-hybridized carbons (Fsp3) is 0.538. The highest BCUT2D eigenvalue weighted by Crippen LogP contribution is 2.26. The molecule has 3 N–H and O–H groups in total. The third-order valence-electron chi connectivity index (χ3n) is 3.81. The predicted octanol–water partition coefficient (Wildman–Crippen LogP) is 2.69. The van der Waals surface area contributed by atoms with Crippen LogP contribution in [0.2, 0.25) is 0 Å². The minimum Gasteiger partial charge on any atom is -0.382 e. The predicted molar refractivity (Wildman–Crippen MR) is 74.6 cm³/mol. The topological polar surface area (TPSA) is 68.2 Å². The first-order valence-electron chi connectivity index (χ1n) is 6.51. The Morgan fingerprint density at radius 1 is 1.28 bits per heavy atom. The highest BCUT2D eigenvalue weighted by Gasteiger charge is 2.25. The third-order valence-corrected chi connectivity index (χ3v) is 3.81. The number of hydrogen-bond donors (Lipinski definition) is 2. The number of rotatable bonds is 5. The Bertz CT molecular complexity index is 519. The van der Waals surface area contributed by atoms with E-state index in [0.29, 0.717) is 5.82 Å². The highest BCUT2D eigenvalue weighted by molar-refractivity contribution is 5.65. The van der Waals surface area contributed by atoms with E-state index in [4.69, 9.17) is 5.73 Å². The van der Waals surface area contributed by atoms with Crippen LogP contribution in [-0.2, 0) is 0 Å². The van der Waals surface area contributed by atoms with E-state index in [0.717, 1.165) is 30.7 Å². The number of nitrogen functional groups attached to an aromatic ring is 1.